The van der Waals surface area contributed by atoms with Gasteiger partial charge in [0.05, 0.1) is 48.4 Å². The van der Waals surface area contributed by atoms with Gasteiger partial charge in [-0.05, 0) is 47.3 Å². The summed E-state index contributed by atoms with van der Waals surface area (Å²) in [6.07, 6.45) is 2.13. The van der Waals surface area contributed by atoms with Crippen LogP contribution in [0, 0.1) is 0 Å². The summed E-state index contributed by atoms with van der Waals surface area (Å²) in [5, 5.41) is 7.59. The number of rotatable bonds is 10. The molecule has 0 bridgehead atoms. The van der Waals surface area contributed by atoms with Gasteiger partial charge in [-0.1, -0.05) is 0 Å². The van der Waals surface area contributed by atoms with Crippen molar-refractivity contribution >= 4 is 28.2 Å². The number of pyridine rings is 1. The molecule has 0 unspecified atom stereocenters. The fourth-order valence-electron chi connectivity index (χ4n) is 4.26. The molecule has 39 heavy (non-hydrogen) atoms. The van der Waals surface area contributed by atoms with Gasteiger partial charge in [0, 0.05) is 41.5 Å². The number of hydrogen-bond acceptors (Lipinski definition) is 8. The maximum absolute atomic E-state index is 13.0. The highest BCUT2D eigenvalue weighted by atomic mass is 16.5. The number of nitrogens with zero attached hydrogens (tertiary/aromatic N) is 1. The molecule has 2 amide bonds. The fourth-order valence-corrected chi connectivity index (χ4v) is 4.26. The first-order valence-corrected chi connectivity index (χ1v) is 12.0. The lowest BCUT2D eigenvalue weighted by molar-refractivity contribution is 0.262. The van der Waals surface area contributed by atoms with Crippen molar-refractivity contribution in [3.8, 4) is 34.5 Å². The molecule has 10 heteroatoms. The number of nitrogens with one attached hydrogen (secondary N) is 2. The third kappa shape index (κ3) is 5.85. The Morgan fingerprint density at radius 1 is 0.667 bits per heavy atom. The van der Waals surface area contributed by atoms with Gasteiger partial charge in [-0.2, -0.15) is 0 Å². The first kappa shape index (κ1) is 27.2. The van der Waals surface area contributed by atoms with Crippen molar-refractivity contribution in [3.05, 3.63) is 66.0 Å². The van der Waals surface area contributed by atoms with Crippen LogP contribution in [0.25, 0.3) is 10.8 Å². The summed E-state index contributed by atoms with van der Waals surface area (Å²) in [6.45, 7) is 0. The molecule has 0 spiro atoms. The van der Waals surface area contributed by atoms with Crippen LogP contribution in [0.3, 0.4) is 0 Å². The van der Waals surface area contributed by atoms with Crippen molar-refractivity contribution in [2.75, 3.05) is 53.3 Å². The molecule has 0 fully saturated rings. The molecule has 0 atom stereocenters. The summed E-state index contributed by atoms with van der Waals surface area (Å²) in [5.41, 5.74) is 2.61. The molecule has 0 aliphatic carbocycles. The summed E-state index contributed by atoms with van der Waals surface area (Å²) in [5.74, 6) is 3.28. The van der Waals surface area contributed by atoms with E-state index in [1.807, 2.05) is 24.3 Å². The van der Waals surface area contributed by atoms with E-state index in [2.05, 4.69) is 15.6 Å². The number of methoxy groups -OCH3 is 6. The highest BCUT2D eigenvalue weighted by Gasteiger charge is 2.17. The number of urea groups is 1. The van der Waals surface area contributed by atoms with Gasteiger partial charge in [-0.3, -0.25) is 4.98 Å². The molecule has 0 saturated carbocycles. The van der Waals surface area contributed by atoms with Gasteiger partial charge < -0.3 is 39.1 Å². The van der Waals surface area contributed by atoms with Crippen molar-refractivity contribution < 1.29 is 33.2 Å². The summed E-state index contributed by atoms with van der Waals surface area (Å²) < 4.78 is 32.6. The first-order valence-electron chi connectivity index (χ1n) is 12.0. The van der Waals surface area contributed by atoms with Crippen LogP contribution in [-0.4, -0.2) is 53.7 Å². The number of amides is 2. The number of aromatic nitrogens is 1. The molecular weight excluding hydrogens is 502 g/mol. The van der Waals surface area contributed by atoms with Gasteiger partial charge >= 0.3 is 6.03 Å². The zero-order valence-electron chi connectivity index (χ0n) is 22.7. The normalized spacial score (nSPS) is 10.5. The topological polar surface area (TPSA) is 109 Å². The van der Waals surface area contributed by atoms with Crippen LogP contribution in [0.15, 0.2) is 54.7 Å². The van der Waals surface area contributed by atoms with E-state index in [0.29, 0.717) is 52.3 Å². The van der Waals surface area contributed by atoms with Gasteiger partial charge in [0.1, 0.15) is 0 Å². The minimum atomic E-state index is -0.451. The van der Waals surface area contributed by atoms with Gasteiger partial charge in [0.15, 0.2) is 34.5 Å². The van der Waals surface area contributed by atoms with E-state index < -0.39 is 6.03 Å². The van der Waals surface area contributed by atoms with Crippen molar-refractivity contribution in [1.82, 2.24) is 4.98 Å². The second kappa shape index (κ2) is 12.1. The Kier molecular flexibility index (Phi) is 8.45. The van der Waals surface area contributed by atoms with Crippen LogP contribution in [0.5, 0.6) is 34.5 Å². The lowest BCUT2D eigenvalue weighted by Crippen LogP contribution is -2.20. The van der Waals surface area contributed by atoms with Crippen LogP contribution in [0.1, 0.15) is 11.3 Å². The Morgan fingerprint density at radius 2 is 1.26 bits per heavy atom. The smallest absolute Gasteiger partial charge is 0.323 e. The number of ether oxygens (including phenoxy) is 6. The summed E-state index contributed by atoms with van der Waals surface area (Å²) in [4.78, 5) is 17.7. The quantitative estimate of drug-likeness (QED) is 0.274. The Bertz CT molecular complexity index is 1490. The lowest BCUT2D eigenvalue weighted by Gasteiger charge is -2.17. The summed E-state index contributed by atoms with van der Waals surface area (Å²) in [6, 6.07) is 13.9. The molecule has 1 heterocycles. The van der Waals surface area contributed by atoms with E-state index in [9.17, 15) is 4.79 Å². The molecule has 204 valence electrons. The number of carbonyl (C=O) groups excluding carboxylic acids is 1. The minimum absolute atomic E-state index is 0.388. The second-order valence-electron chi connectivity index (χ2n) is 8.38. The van der Waals surface area contributed by atoms with E-state index in [1.54, 1.807) is 58.9 Å². The molecule has 4 rings (SSSR count). The predicted octanol–water partition coefficient (Wildman–Crippen LogP) is 5.52. The van der Waals surface area contributed by atoms with E-state index in [1.165, 1.54) is 14.2 Å². The number of fused-ring (bicyclic) bond motifs is 1. The Morgan fingerprint density at radius 3 is 1.92 bits per heavy atom. The molecule has 0 saturated heterocycles. The van der Waals surface area contributed by atoms with Gasteiger partial charge in [-0.15, -0.1) is 0 Å². The summed E-state index contributed by atoms with van der Waals surface area (Å²) >= 11 is 0. The maximum Gasteiger partial charge on any atom is 0.323 e. The molecule has 0 aliphatic heterocycles. The number of benzene rings is 3. The average molecular weight is 534 g/mol. The number of anilines is 2. The maximum atomic E-state index is 13.0. The number of hydrogen-bond donors (Lipinski definition) is 2. The molecule has 1 aromatic heterocycles. The SMILES string of the molecule is COc1ccc(NC(=O)Nc2cc(OC)c(OC)cc2Cc2nccc3cc(OC)c(OC)cc23)cc1OC. The van der Waals surface area contributed by atoms with Gasteiger partial charge in [0.2, 0.25) is 0 Å². The van der Waals surface area contributed by atoms with Crippen LogP contribution >= 0.6 is 0 Å². The van der Waals surface area contributed by atoms with Crippen LogP contribution in [0.2, 0.25) is 0 Å². The van der Waals surface area contributed by atoms with Crippen LogP contribution in [-0.2, 0) is 6.42 Å². The van der Waals surface area contributed by atoms with Crippen LogP contribution in [0.4, 0.5) is 16.2 Å². The van der Waals surface area contributed by atoms with Crippen molar-refractivity contribution in [1.29, 1.82) is 0 Å². The third-order valence-corrected chi connectivity index (χ3v) is 6.21. The largest absolute Gasteiger partial charge is 0.493 e. The first-order chi connectivity index (χ1) is 18.9. The van der Waals surface area contributed by atoms with E-state index in [-0.39, 0.29) is 0 Å². The monoisotopic (exact) mass is 533 g/mol. The highest BCUT2D eigenvalue weighted by molar-refractivity contribution is 6.01. The Balaban J connectivity index is 1.69. The molecule has 2 N–H and O–H groups in total. The molecule has 4 aromatic rings. The van der Waals surface area contributed by atoms with Crippen molar-refractivity contribution in [2.45, 2.75) is 6.42 Å². The predicted molar refractivity (Wildman–Crippen MR) is 149 cm³/mol. The minimum Gasteiger partial charge on any atom is -0.493 e. The van der Waals surface area contributed by atoms with Crippen molar-refractivity contribution in [3.63, 3.8) is 0 Å². The third-order valence-electron chi connectivity index (χ3n) is 6.21. The lowest BCUT2D eigenvalue weighted by atomic mass is 10.0. The Hall–Kier alpha value is -4.86. The highest BCUT2D eigenvalue weighted by Crippen LogP contribution is 2.37. The Labute approximate surface area is 226 Å². The van der Waals surface area contributed by atoms with E-state index in [4.69, 9.17) is 28.4 Å². The van der Waals surface area contributed by atoms with Crippen molar-refractivity contribution in [2.24, 2.45) is 0 Å². The molecule has 0 aliphatic rings. The summed E-state index contributed by atoms with van der Waals surface area (Å²) in [7, 11) is 9.37. The van der Waals surface area contributed by atoms with Gasteiger partial charge in [0.25, 0.3) is 0 Å². The van der Waals surface area contributed by atoms with E-state index >= 15 is 0 Å². The molecule has 3 aromatic carbocycles. The van der Waals surface area contributed by atoms with Crippen LogP contribution < -0.4 is 39.1 Å². The average Bonchev–Trinajstić information content (AvgIpc) is 2.96. The van der Waals surface area contributed by atoms with Gasteiger partial charge in [-0.25, -0.2) is 4.79 Å². The van der Waals surface area contributed by atoms with E-state index in [0.717, 1.165) is 22.0 Å². The zero-order valence-corrected chi connectivity index (χ0v) is 22.7. The second-order valence-corrected chi connectivity index (χ2v) is 8.38. The molecule has 10 nitrogen and oxygen atoms in total. The fraction of sp³-hybridized carbons (Fsp3) is 0.241. The molecular formula is C29H31N3O7. The zero-order chi connectivity index (χ0) is 27.9. The number of carbonyl (C=O) groups is 1. The molecule has 0 radical (unpaired) electrons. The standard InChI is InChI=1S/C29H31N3O7/c1-34-23-8-7-19(14-26(23)37-4)31-29(33)32-21-16-28(39-6)25(36-3)13-18(21)11-22-20-15-27(38-5)24(35-2)12-17(20)9-10-30-22/h7-10,12-16H,11H2,1-6H3,(H2,31,32,33).